The molecule has 0 heterocycles. The molecule has 0 aliphatic rings. The molecule has 6 heteroatoms. The van der Waals surface area contributed by atoms with Crippen LogP contribution in [0.2, 0.25) is 0 Å². The Morgan fingerprint density at radius 2 is 1.10 bits per heavy atom. The van der Waals surface area contributed by atoms with Crippen molar-refractivity contribution in [1.29, 1.82) is 0 Å². The van der Waals surface area contributed by atoms with E-state index in [2.05, 4.69) is 13.2 Å². The second kappa shape index (κ2) is 18.1. The monoisotopic (exact) mass is 412 g/mol. The summed E-state index contributed by atoms with van der Waals surface area (Å²) in [5, 5.41) is 18.8. The molecule has 0 bridgehead atoms. The molecule has 0 amide bonds. The van der Waals surface area contributed by atoms with Crippen LogP contribution >= 0.6 is 0 Å². The number of rotatable bonds is 22. The molecule has 0 aromatic heterocycles. The van der Waals surface area contributed by atoms with Gasteiger partial charge in [-0.25, -0.2) is 0 Å². The summed E-state index contributed by atoms with van der Waals surface area (Å²) in [6.45, 7) is 8.33. The summed E-state index contributed by atoms with van der Waals surface area (Å²) in [5.41, 5.74) is -0.742. The lowest BCUT2D eigenvalue weighted by atomic mass is 9.74. The number of hydrogen-bond donors (Lipinski definition) is 2. The molecule has 0 unspecified atom stereocenters. The summed E-state index contributed by atoms with van der Waals surface area (Å²) in [4.78, 5) is 22.9. The summed E-state index contributed by atoms with van der Waals surface area (Å²) >= 11 is 0. The maximum absolute atomic E-state index is 12.2. The largest absolute Gasteiger partial charge is 0.502 e. The van der Waals surface area contributed by atoms with Gasteiger partial charge in [0.15, 0.2) is 0 Å². The minimum absolute atomic E-state index is 0.0995. The van der Waals surface area contributed by atoms with Crippen molar-refractivity contribution < 1.29 is 29.3 Å². The first-order chi connectivity index (χ1) is 14.0. The lowest BCUT2D eigenvalue weighted by molar-refractivity contribution is -0.150. The fourth-order valence-electron chi connectivity index (χ4n) is 3.61. The lowest BCUT2D eigenvalue weighted by Crippen LogP contribution is -2.31. The molecule has 2 N–H and O–H groups in total. The normalized spacial score (nSPS) is 11.0. The van der Waals surface area contributed by atoms with Crippen LogP contribution in [-0.4, -0.2) is 35.4 Å². The topological polar surface area (TPSA) is 93.1 Å². The second-order valence-corrected chi connectivity index (χ2v) is 7.59. The number of ether oxygens (including phenoxy) is 2. The SMILES string of the molecule is C=COCCCCCCC(CCCCCCOC=C)(CCCCC(=O)O)C(=O)O. The molecule has 0 aliphatic carbocycles. The number of hydrogen-bond acceptors (Lipinski definition) is 4. The number of carbonyl (C=O) groups is 2. The third-order valence-corrected chi connectivity index (χ3v) is 5.32. The van der Waals surface area contributed by atoms with Gasteiger partial charge in [0.25, 0.3) is 0 Å². The third kappa shape index (κ3) is 14.6. The van der Waals surface area contributed by atoms with Crippen molar-refractivity contribution in [3.63, 3.8) is 0 Å². The van der Waals surface area contributed by atoms with Gasteiger partial charge in [-0.1, -0.05) is 58.1 Å². The highest BCUT2D eigenvalue weighted by atomic mass is 16.5. The van der Waals surface area contributed by atoms with Gasteiger partial charge in [0, 0.05) is 6.42 Å². The summed E-state index contributed by atoms with van der Waals surface area (Å²) in [6.07, 6.45) is 13.6. The van der Waals surface area contributed by atoms with E-state index in [-0.39, 0.29) is 6.42 Å². The van der Waals surface area contributed by atoms with Gasteiger partial charge in [-0.15, -0.1) is 0 Å². The van der Waals surface area contributed by atoms with Crippen LogP contribution in [-0.2, 0) is 19.1 Å². The fraction of sp³-hybridized carbons (Fsp3) is 0.739. The Morgan fingerprint density at radius 3 is 1.48 bits per heavy atom. The Balaban J connectivity index is 4.52. The van der Waals surface area contributed by atoms with Crippen molar-refractivity contribution in [1.82, 2.24) is 0 Å². The molecular formula is C23H40O6. The highest BCUT2D eigenvalue weighted by Crippen LogP contribution is 2.37. The summed E-state index contributed by atoms with van der Waals surface area (Å²) in [6, 6.07) is 0. The predicted octanol–water partition coefficient (Wildman–Crippen LogP) is 5.92. The summed E-state index contributed by atoms with van der Waals surface area (Å²) in [7, 11) is 0. The number of unbranched alkanes of at least 4 members (excludes halogenated alkanes) is 7. The molecule has 0 aliphatic heterocycles. The smallest absolute Gasteiger partial charge is 0.309 e. The zero-order valence-electron chi connectivity index (χ0n) is 17.9. The van der Waals surface area contributed by atoms with Gasteiger partial charge in [0.1, 0.15) is 0 Å². The van der Waals surface area contributed by atoms with Crippen LogP contribution in [0.1, 0.15) is 89.9 Å². The third-order valence-electron chi connectivity index (χ3n) is 5.32. The van der Waals surface area contributed by atoms with Crippen molar-refractivity contribution in [2.24, 2.45) is 5.41 Å². The van der Waals surface area contributed by atoms with Crippen molar-refractivity contribution in [2.45, 2.75) is 89.9 Å². The number of aliphatic carboxylic acids is 2. The average Bonchev–Trinajstić information content (AvgIpc) is 2.68. The van der Waals surface area contributed by atoms with E-state index in [1.54, 1.807) is 0 Å². The van der Waals surface area contributed by atoms with E-state index in [9.17, 15) is 14.7 Å². The van der Waals surface area contributed by atoms with E-state index < -0.39 is 17.4 Å². The van der Waals surface area contributed by atoms with Crippen LogP contribution in [0.3, 0.4) is 0 Å². The molecule has 0 saturated carbocycles. The van der Waals surface area contributed by atoms with Gasteiger partial charge in [-0.3, -0.25) is 9.59 Å². The van der Waals surface area contributed by atoms with E-state index >= 15 is 0 Å². The minimum Gasteiger partial charge on any atom is -0.502 e. The molecule has 6 nitrogen and oxygen atoms in total. The second-order valence-electron chi connectivity index (χ2n) is 7.59. The number of carboxylic acids is 2. The van der Waals surface area contributed by atoms with Crippen molar-refractivity contribution in [2.75, 3.05) is 13.2 Å². The summed E-state index contributed by atoms with van der Waals surface area (Å²) in [5.74, 6) is -1.56. The minimum atomic E-state index is -0.825. The maximum atomic E-state index is 12.2. The molecule has 0 atom stereocenters. The molecule has 29 heavy (non-hydrogen) atoms. The Kier molecular flexibility index (Phi) is 16.8. The number of carboxylic acid groups (broad SMARTS) is 2. The molecule has 0 fully saturated rings. The van der Waals surface area contributed by atoms with Gasteiger partial charge in [-0.05, 0) is 38.5 Å². The molecule has 0 radical (unpaired) electrons. The molecule has 0 aromatic rings. The van der Waals surface area contributed by atoms with Gasteiger partial charge in [0.2, 0.25) is 0 Å². The van der Waals surface area contributed by atoms with Crippen LogP contribution in [0.5, 0.6) is 0 Å². The molecule has 0 aromatic carbocycles. The first kappa shape index (κ1) is 27.0. The molecule has 0 rings (SSSR count). The Hall–Kier alpha value is -1.98. The predicted molar refractivity (Wildman–Crippen MR) is 115 cm³/mol. The van der Waals surface area contributed by atoms with E-state index in [1.807, 2.05) is 0 Å². The zero-order chi connectivity index (χ0) is 21.8. The highest BCUT2D eigenvalue weighted by molar-refractivity contribution is 5.74. The van der Waals surface area contributed by atoms with Gasteiger partial charge in [-0.2, -0.15) is 0 Å². The van der Waals surface area contributed by atoms with E-state index in [0.29, 0.717) is 45.3 Å². The Bertz CT molecular complexity index is 438. The molecule has 0 spiro atoms. The van der Waals surface area contributed by atoms with Crippen LogP contribution < -0.4 is 0 Å². The highest BCUT2D eigenvalue weighted by Gasteiger charge is 2.36. The van der Waals surface area contributed by atoms with Crippen molar-refractivity contribution in [3.05, 3.63) is 25.7 Å². The first-order valence-electron chi connectivity index (χ1n) is 10.9. The van der Waals surface area contributed by atoms with E-state index in [4.69, 9.17) is 14.6 Å². The average molecular weight is 413 g/mol. The van der Waals surface area contributed by atoms with E-state index in [1.165, 1.54) is 12.5 Å². The van der Waals surface area contributed by atoms with Gasteiger partial charge >= 0.3 is 11.9 Å². The van der Waals surface area contributed by atoms with Crippen LogP contribution in [0.25, 0.3) is 0 Å². The van der Waals surface area contributed by atoms with Crippen LogP contribution in [0, 0.1) is 5.41 Å². The van der Waals surface area contributed by atoms with Crippen LogP contribution in [0.15, 0.2) is 25.7 Å². The summed E-state index contributed by atoms with van der Waals surface area (Å²) < 4.78 is 10.2. The Morgan fingerprint density at radius 1 is 0.690 bits per heavy atom. The standard InChI is InChI=1S/C23H40O6/c1-3-28-19-13-7-5-10-16-23(22(26)27,18-12-9-15-21(24)25)17-11-6-8-14-20-29-4-2/h3-4H,1-2,5-20H2,(H,24,25)(H,26,27). The zero-order valence-corrected chi connectivity index (χ0v) is 17.9. The molecule has 168 valence electrons. The Labute approximate surface area is 176 Å². The molecular weight excluding hydrogens is 372 g/mol. The maximum Gasteiger partial charge on any atom is 0.309 e. The van der Waals surface area contributed by atoms with Crippen molar-refractivity contribution in [3.8, 4) is 0 Å². The quantitative estimate of drug-likeness (QED) is 0.169. The lowest BCUT2D eigenvalue weighted by Gasteiger charge is -2.30. The van der Waals surface area contributed by atoms with Gasteiger partial charge in [0.05, 0.1) is 31.2 Å². The van der Waals surface area contributed by atoms with E-state index in [0.717, 1.165) is 51.4 Å². The molecule has 0 saturated heterocycles. The first-order valence-corrected chi connectivity index (χ1v) is 10.9. The van der Waals surface area contributed by atoms with Crippen LogP contribution in [0.4, 0.5) is 0 Å². The fourth-order valence-corrected chi connectivity index (χ4v) is 3.61. The van der Waals surface area contributed by atoms with Gasteiger partial charge < -0.3 is 19.7 Å². The van der Waals surface area contributed by atoms with Crippen molar-refractivity contribution >= 4 is 11.9 Å².